The first-order chi connectivity index (χ1) is 12.4. The van der Waals surface area contributed by atoms with Crippen LogP contribution in [0.15, 0.2) is 27.8 Å². The van der Waals surface area contributed by atoms with Gasteiger partial charge in [0, 0.05) is 6.04 Å². The number of carbonyl (C=O) groups is 1. The van der Waals surface area contributed by atoms with Gasteiger partial charge in [0.05, 0.1) is 25.2 Å². The number of rotatable bonds is 5. The van der Waals surface area contributed by atoms with Crippen molar-refractivity contribution in [1.82, 2.24) is 24.5 Å². The van der Waals surface area contributed by atoms with Crippen LogP contribution in [0.5, 0.6) is 0 Å². The maximum atomic E-state index is 12.2. The Labute approximate surface area is 150 Å². The zero-order valence-corrected chi connectivity index (χ0v) is 15.2. The van der Waals surface area contributed by atoms with Crippen molar-refractivity contribution in [2.24, 2.45) is 21.7 Å². The maximum Gasteiger partial charge on any atom is 0.278 e. The second-order valence-corrected chi connectivity index (χ2v) is 7.88. The molecule has 3 unspecified atom stereocenters. The quantitative estimate of drug-likeness (QED) is 0.817. The molecular formula is C17H23N7O2. The highest BCUT2D eigenvalue weighted by Crippen LogP contribution is 2.60. The summed E-state index contributed by atoms with van der Waals surface area (Å²) >= 11 is 0. The number of Topliss-reactive ketones (excluding diaryl/α,β-unsaturated/α-hetero) is 1. The highest BCUT2D eigenvalue weighted by molar-refractivity contribution is 5.82. The normalized spacial score (nSPS) is 27.0. The zero-order valence-electron chi connectivity index (χ0n) is 15.2. The van der Waals surface area contributed by atoms with Crippen molar-refractivity contribution < 1.29 is 4.79 Å². The van der Waals surface area contributed by atoms with Crippen LogP contribution in [0.4, 0.5) is 0 Å². The summed E-state index contributed by atoms with van der Waals surface area (Å²) in [6.45, 7) is 6.77. The predicted octanol–water partition coefficient (Wildman–Crippen LogP) is 1.56. The van der Waals surface area contributed by atoms with Crippen molar-refractivity contribution in [2.45, 2.75) is 52.2 Å². The van der Waals surface area contributed by atoms with Crippen LogP contribution in [0.25, 0.3) is 11.2 Å². The smallest absolute Gasteiger partial charge is 0.278 e. The maximum absolute atomic E-state index is 12.2. The Bertz CT molecular complexity index is 929. The van der Waals surface area contributed by atoms with E-state index in [1.165, 1.54) is 19.1 Å². The van der Waals surface area contributed by atoms with Gasteiger partial charge in [-0.2, -0.15) is 5.11 Å². The SMILES string of the molecule is CC1CCC2C(N1N=NCC(=O)Cn1cnc3c(=O)[nH]cnc31)C2(C)C. The number of hydrogen-bond acceptors (Lipinski definition) is 6. The molecule has 2 aliphatic rings. The second-order valence-electron chi connectivity index (χ2n) is 7.88. The van der Waals surface area contributed by atoms with Gasteiger partial charge in [-0.25, -0.2) is 9.97 Å². The van der Waals surface area contributed by atoms with Crippen molar-refractivity contribution in [3.8, 4) is 0 Å². The molecule has 1 saturated carbocycles. The first-order valence-corrected chi connectivity index (χ1v) is 8.95. The number of aromatic nitrogens is 4. The third-order valence-electron chi connectivity index (χ3n) is 5.79. The number of nitrogens with one attached hydrogen (secondary N) is 1. The molecule has 26 heavy (non-hydrogen) atoms. The Balaban J connectivity index is 1.40. The molecule has 0 aromatic carbocycles. The lowest BCUT2D eigenvalue weighted by Gasteiger charge is -2.29. The van der Waals surface area contributed by atoms with Crippen LogP contribution in [0.2, 0.25) is 0 Å². The molecule has 2 fully saturated rings. The van der Waals surface area contributed by atoms with Crippen molar-refractivity contribution in [2.75, 3.05) is 6.54 Å². The second kappa shape index (κ2) is 6.00. The van der Waals surface area contributed by atoms with Crippen molar-refractivity contribution in [3.63, 3.8) is 0 Å². The fourth-order valence-corrected chi connectivity index (χ4v) is 4.17. The molecule has 0 radical (unpaired) electrons. The summed E-state index contributed by atoms with van der Waals surface area (Å²) in [5, 5.41) is 10.6. The first-order valence-electron chi connectivity index (χ1n) is 8.95. The number of ketones is 1. The number of hydrogen-bond donors (Lipinski definition) is 1. The highest BCUT2D eigenvalue weighted by atomic mass is 16.1. The van der Waals surface area contributed by atoms with E-state index in [0.717, 1.165) is 6.42 Å². The number of nitrogens with zero attached hydrogens (tertiary/aromatic N) is 6. The standard InChI is InChI=1S/C17H23N7O2/c1-10-4-5-12-14(17(12,2)3)24(10)22-21-6-11(25)7-23-9-20-13-15(23)18-8-19-16(13)26/h8-10,12,14H,4-7H2,1-3H3,(H,18,19,26). The number of carbonyl (C=O) groups excluding carboxylic acids is 1. The van der Waals surface area contributed by atoms with Gasteiger partial charge in [-0.05, 0) is 31.1 Å². The highest BCUT2D eigenvalue weighted by Gasteiger charge is 2.63. The van der Waals surface area contributed by atoms with E-state index in [-0.39, 0.29) is 35.4 Å². The molecule has 4 rings (SSSR count). The monoisotopic (exact) mass is 357 g/mol. The summed E-state index contributed by atoms with van der Waals surface area (Å²) < 4.78 is 1.56. The largest absolute Gasteiger partial charge is 0.311 e. The van der Waals surface area contributed by atoms with E-state index in [0.29, 0.717) is 23.6 Å². The molecule has 0 amide bonds. The minimum Gasteiger partial charge on any atom is -0.311 e. The molecule has 1 N–H and O–H groups in total. The molecule has 138 valence electrons. The van der Waals surface area contributed by atoms with E-state index in [9.17, 15) is 9.59 Å². The number of aromatic amines is 1. The van der Waals surface area contributed by atoms with Crippen molar-refractivity contribution in [1.29, 1.82) is 0 Å². The van der Waals surface area contributed by atoms with E-state index < -0.39 is 0 Å². The van der Waals surface area contributed by atoms with Gasteiger partial charge in [-0.15, -0.1) is 0 Å². The van der Waals surface area contributed by atoms with Crippen LogP contribution < -0.4 is 5.56 Å². The fraction of sp³-hybridized carbons (Fsp3) is 0.647. The summed E-state index contributed by atoms with van der Waals surface area (Å²) in [7, 11) is 0. The number of piperidine rings is 1. The zero-order chi connectivity index (χ0) is 18.5. The average Bonchev–Trinajstić information content (AvgIpc) is 2.94. The molecule has 0 spiro atoms. The lowest BCUT2D eigenvalue weighted by Crippen LogP contribution is -2.35. The molecule has 1 saturated heterocycles. The summed E-state index contributed by atoms with van der Waals surface area (Å²) in [6, 6.07) is 0.781. The molecule has 2 aromatic rings. The van der Waals surface area contributed by atoms with Crippen LogP contribution in [0.1, 0.15) is 33.6 Å². The van der Waals surface area contributed by atoms with E-state index in [1.807, 2.05) is 0 Å². The molecular weight excluding hydrogens is 334 g/mol. The number of fused-ring (bicyclic) bond motifs is 2. The summed E-state index contributed by atoms with van der Waals surface area (Å²) in [6.07, 6.45) is 5.10. The van der Waals surface area contributed by atoms with Gasteiger partial charge >= 0.3 is 0 Å². The van der Waals surface area contributed by atoms with Crippen LogP contribution in [0.3, 0.4) is 0 Å². The lowest BCUT2D eigenvalue weighted by molar-refractivity contribution is -0.118. The topological polar surface area (TPSA) is 109 Å². The first kappa shape index (κ1) is 16.9. The summed E-state index contributed by atoms with van der Waals surface area (Å²) in [5.41, 5.74) is 0.585. The van der Waals surface area contributed by atoms with Gasteiger partial charge < -0.3 is 9.55 Å². The number of imidazole rings is 1. The Morgan fingerprint density at radius 1 is 1.38 bits per heavy atom. The molecule has 2 aromatic heterocycles. The van der Waals surface area contributed by atoms with Gasteiger partial charge in [0.1, 0.15) is 6.54 Å². The predicted molar refractivity (Wildman–Crippen MR) is 94.5 cm³/mol. The summed E-state index contributed by atoms with van der Waals surface area (Å²) in [4.78, 5) is 34.4. The molecule has 3 atom stereocenters. The lowest BCUT2D eigenvalue weighted by atomic mass is 10.0. The van der Waals surface area contributed by atoms with Gasteiger partial charge in [0.15, 0.2) is 16.9 Å². The van der Waals surface area contributed by atoms with E-state index in [4.69, 9.17) is 0 Å². The Kier molecular flexibility index (Phi) is 3.89. The molecule has 1 aliphatic heterocycles. The molecule has 9 heteroatoms. The molecule has 3 heterocycles. The van der Waals surface area contributed by atoms with Gasteiger partial charge in [0.25, 0.3) is 5.56 Å². The summed E-state index contributed by atoms with van der Waals surface area (Å²) in [5.74, 6) is 0.571. The third-order valence-corrected chi connectivity index (χ3v) is 5.79. The van der Waals surface area contributed by atoms with Crippen LogP contribution in [-0.2, 0) is 11.3 Å². The fourth-order valence-electron chi connectivity index (χ4n) is 4.17. The van der Waals surface area contributed by atoms with Crippen molar-refractivity contribution in [3.05, 3.63) is 23.0 Å². The van der Waals surface area contributed by atoms with Crippen LogP contribution in [0, 0.1) is 11.3 Å². The Hall–Kier alpha value is -2.58. The van der Waals surface area contributed by atoms with E-state index in [1.54, 1.807) is 4.57 Å². The van der Waals surface area contributed by atoms with Gasteiger partial charge in [0.2, 0.25) is 0 Å². The molecule has 0 bridgehead atoms. The minimum atomic E-state index is -0.318. The molecule has 9 nitrogen and oxygen atoms in total. The minimum absolute atomic E-state index is 0.00387. The van der Waals surface area contributed by atoms with Gasteiger partial charge in [-0.3, -0.25) is 14.6 Å². The molecule has 1 aliphatic carbocycles. The van der Waals surface area contributed by atoms with E-state index >= 15 is 0 Å². The number of H-pyrrole nitrogens is 1. The van der Waals surface area contributed by atoms with Gasteiger partial charge in [-0.1, -0.05) is 19.1 Å². The van der Waals surface area contributed by atoms with E-state index in [2.05, 4.69) is 51.1 Å². The Morgan fingerprint density at radius 3 is 3.00 bits per heavy atom. The third kappa shape index (κ3) is 2.71. The average molecular weight is 357 g/mol. The van der Waals surface area contributed by atoms with Crippen LogP contribution in [-0.4, -0.2) is 48.9 Å². The van der Waals surface area contributed by atoms with Crippen LogP contribution >= 0.6 is 0 Å². The van der Waals surface area contributed by atoms with Crippen molar-refractivity contribution >= 4 is 16.9 Å². The Morgan fingerprint density at radius 2 is 2.19 bits per heavy atom.